The summed E-state index contributed by atoms with van der Waals surface area (Å²) in [4.78, 5) is 0. The Balaban J connectivity index is 0.00000324. The Hall–Kier alpha value is -0.970. The quantitative estimate of drug-likeness (QED) is 0.752. The van der Waals surface area contributed by atoms with E-state index in [1.165, 1.54) is 13.2 Å². The molecular formula is C14H24ClNO3. The molecule has 4 nitrogen and oxygen atoms in total. The van der Waals surface area contributed by atoms with Crippen molar-refractivity contribution in [1.29, 1.82) is 0 Å². The molecule has 0 aliphatic heterocycles. The SMILES string of the molecule is COc1ccc([C@@H](N)[C@@H](O)CCC(C)C)c(O)c1.Cl. The third-order valence-corrected chi connectivity index (χ3v) is 3.05. The number of ether oxygens (including phenoxy) is 1. The van der Waals surface area contributed by atoms with Gasteiger partial charge in [0.15, 0.2) is 0 Å². The Morgan fingerprint density at radius 3 is 2.37 bits per heavy atom. The zero-order valence-corrected chi connectivity index (χ0v) is 12.5. The molecule has 0 unspecified atom stereocenters. The van der Waals surface area contributed by atoms with Crippen LogP contribution in [0, 0.1) is 5.92 Å². The Morgan fingerprint density at radius 2 is 1.89 bits per heavy atom. The molecule has 1 rings (SSSR count). The number of phenolic OH excluding ortho intramolecular Hbond substituents is 1. The van der Waals surface area contributed by atoms with Crippen LogP contribution in [0.1, 0.15) is 38.3 Å². The number of hydrogen-bond donors (Lipinski definition) is 3. The zero-order valence-electron chi connectivity index (χ0n) is 11.7. The number of aliphatic hydroxyl groups excluding tert-OH is 1. The lowest BCUT2D eigenvalue weighted by molar-refractivity contribution is 0.127. The molecule has 0 spiro atoms. The van der Waals surface area contributed by atoms with E-state index in [2.05, 4.69) is 13.8 Å². The van der Waals surface area contributed by atoms with Crippen LogP contribution in [-0.4, -0.2) is 23.4 Å². The van der Waals surface area contributed by atoms with E-state index in [4.69, 9.17) is 10.5 Å². The van der Waals surface area contributed by atoms with E-state index >= 15 is 0 Å². The van der Waals surface area contributed by atoms with Crippen molar-refractivity contribution in [3.05, 3.63) is 23.8 Å². The Labute approximate surface area is 121 Å². The molecule has 19 heavy (non-hydrogen) atoms. The van der Waals surface area contributed by atoms with Crippen molar-refractivity contribution < 1.29 is 14.9 Å². The molecule has 1 aromatic carbocycles. The summed E-state index contributed by atoms with van der Waals surface area (Å²) in [7, 11) is 1.53. The van der Waals surface area contributed by atoms with Crippen molar-refractivity contribution in [2.45, 2.75) is 38.8 Å². The van der Waals surface area contributed by atoms with Crippen LogP contribution in [-0.2, 0) is 0 Å². The van der Waals surface area contributed by atoms with Gasteiger partial charge in [-0.1, -0.05) is 13.8 Å². The lowest BCUT2D eigenvalue weighted by atomic mass is 9.95. The van der Waals surface area contributed by atoms with Gasteiger partial charge < -0.3 is 20.7 Å². The first kappa shape index (κ1) is 18.0. The molecule has 2 atom stereocenters. The topological polar surface area (TPSA) is 75.7 Å². The predicted octanol–water partition coefficient (Wildman–Crippen LogP) is 2.62. The van der Waals surface area contributed by atoms with Gasteiger partial charge in [0.2, 0.25) is 0 Å². The summed E-state index contributed by atoms with van der Waals surface area (Å²) < 4.78 is 5.01. The van der Waals surface area contributed by atoms with Gasteiger partial charge >= 0.3 is 0 Å². The van der Waals surface area contributed by atoms with Gasteiger partial charge in [0.25, 0.3) is 0 Å². The minimum atomic E-state index is -0.647. The minimum absolute atomic E-state index is 0. The fourth-order valence-electron chi connectivity index (χ4n) is 1.82. The van der Waals surface area contributed by atoms with Gasteiger partial charge in [-0.25, -0.2) is 0 Å². The number of rotatable bonds is 6. The summed E-state index contributed by atoms with van der Waals surface area (Å²) in [6.07, 6.45) is 0.891. The van der Waals surface area contributed by atoms with E-state index in [0.29, 0.717) is 23.7 Å². The molecule has 0 aliphatic rings. The van der Waals surface area contributed by atoms with Crippen molar-refractivity contribution in [2.75, 3.05) is 7.11 Å². The van der Waals surface area contributed by atoms with Crippen LogP contribution in [0.4, 0.5) is 0 Å². The molecule has 0 amide bonds. The van der Waals surface area contributed by atoms with Crippen molar-refractivity contribution in [2.24, 2.45) is 11.7 Å². The van der Waals surface area contributed by atoms with Gasteiger partial charge in [-0.2, -0.15) is 0 Å². The Morgan fingerprint density at radius 1 is 1.26 bits per heavy atom. The number of aromatic hydroxyl groups is 1. The van der Waals surface area contributed by atoms with Crippen molar-refractivity contribution >= 4 is 12.4 Å². The summed E-state index contributed by atoms with van der Waals surface area (Å²) in [6.45, 7) is 4.20. The van der Waals surface area contributed by atoms with Crippen LogP contribution >= 0.6 is 12.4 Å². The van der Waals surface area contributed by atoms with Gasteiger partial charge in [0.05, 0.1) is 19.3 Å². The fourth-order valence-corrected chi connectivity index (χ4v) is 1.82. The lowest BCUT2D eigenvalue weighted by Crippen LogP contribution is -2.26. The number of hydrogen-bond acceptors (Lipinski definition) is 4. The molecule has 110 valence electrons. The Bertz CT molecular complexity index is 385. The van der Waals surface area contributed by atoms with Crippen LogP contribution in [0.15, 0.2) is 18.2 Å². The monoisotopic (exact) mass is 289 g/mol. The first-order valence-corrected chi connectivity index (χ1v) is 6.26. The summed E-state index contributed by atoms with van der Waals surface area (Å²) in [6, 6.07) is 4.35. The van der Waals surface area contributed by atoms with E-state index < -0.39 is 12.1 Å². The second-order valence-electron chi connectivity index (χ2n) is 4.99. The van der Waals surface area contributed by atoms with Gasteiger partial charge in [-0.05, 0) is 30.9 Å². The molecule has 0 aromatic heterocycles. The second-order valence-corrected chi connectivity index (χ2v) is 4.99. The molecule has 1 aromatic rings. The highest BCUT2D eigenvalue weighted by atomic mass is 35.5. The average Bonchev–Trinajstić information content (AvgIpc) is 2.34. The van der Waals surface area contributed by atoms with E-state index in [1.54, 1.807) is 12.1 Å². The number of nitrogens with two attached hydrogens (primary N) is 1. The Kier molecular flexibility index (Phi) is 7.83. The van der Waals surface area contributed by atoms with Crippen LogP contribution in [0.25, 0.3) is 0 Å². The number of phenols is 1. The van der Waals surface area contributed by atoms with Crippen LogP contribution < -0.4 is 10.5 Å². The molecule has 5 heteroatoms. The zero-order chi connectivity index (χ0) is 13.7. The van der Waals surface area contributed by atoms with Gasteiger partial charge in [-0.3, -0.25) is 0 Å². The standard InChI is InChI=1S/C14H23NO3.ClH/c1-9(2)4-7-12(16)14(15)11-6-5-10(18-3)8-13(11)17;/h5-6,8-9,12,14,16-17H,4,7,15H2,1-3H3;1H/t12-,14+;/m0./s1. The van der Waals surface area contributed by atoms with Crippen LogP contribution in [0.5, 0.6) is 11.5 Å². The largest absolute Gasteiger partial charge is 0.507 e. The average molecular weight is 290 g/mol. The summed E-state index contributed by atoms with van der Waals surface area (Å²) in [5.74, 6) is 1.15. The maximum Gasteiger partial charge on any atom is 0.124 e. The second kappa shape index (κ2) is 8.25. The smallest absolute Gasteiger partial charge is 0.124 e. The molecule has 0 heterocycles. The lowest BCUT2D eigenvalue weighted by Gasteiger charge is -2.21. The molecule has 0 fully saturated rings. The number of aliphatic hydroxyl groups is 1. The summed E-state index contributed by atoms with van der Waals surface area (Å²) >= 11 is 0. The van der Waals surface area contributed by atoms with E-state index in [-0.39, 0.29) is 18.2 Å². The molecule has 0 aliphatic carbocycles. The summed E-state index contributed by atoms with van der Waals surface area (Å²) in [5, 5.41) is 19.9. The molecule has 0 bridgehead atoms. The number of halogens is 1. The van der Waals surface area contributed by atoms with Gasteiger partial charge in [0.1, 0.15) is 11.5 Å². The highest BCUT2D eigenvalue weighted by Crippen LogP contribution is 2.30. The van der Waals surface area contributed by atoms with Gasteiger partial charge in [-0.15, -0.1) is 12.4 Å². The fraction of sp³-hybridized carbons (Fsp3) is 0.571. The van der Waals surface area contributed by atoms with Crippen LogP contribution in [0.3, 0.4) is 0 Å². The first-order valence-electron chi connectivity index (χ1n) is 6.26. The number of benzene rings is 1. The molecule has 0 saturated carbocycles. The predicted molar refractivity (Wildman–Crippen MR) is 78.9 cm³/mol. The molecule has 0 saturated heterocycles. The normalized spacial score (nSPS) is 13.8. The van der Waals surface area contributed by atoms with E-state index in [1.807, 2.05) is 0 Å². The minimum Gasteiger partial charge on any atom is -0.507 e. The first-order chi connectivity index (χ1) is 8.45. The maximum absolute atomic E-state index is 10.0. The highest BCUT2D eigenvalue weighted by Gasteiger charge is 2.20. The van der Waals surface area contributed by atoms with Crippen LogP contribution in [0.2, 0.25) is 0 Å². The highest BCUT2D eigenvalue weighted by molar-refractivity contribution is 5.85. The third kappa shape index (κ3) is 5.27. The summed E-state index contributed by atoms with van der Waals surface area (Å²) in [5.41, 5.74) is 6.51. The third-order valence-electron chi connectivity index (χ3n) is 3.05. The van der Waals surface area contributed by atoms with E-state index in [0.717, 1.165) is 6.42 Å². The molecule has 0 radical (unpaired) electrons. The number of methoxy groups -OCH3 is 1. The van der Waals surface area contributed by atoms with Gasteiger partial charge in [0, 0.05) is 11.6 Å². The van der Waals surface area contributed by atoms with E-state index in [9.17, 15) is 10.2 Å². The molecular weight excluding hydrogens is 266 g/mol. The van der Waals surface area contributed by atoms with Crippen molar-refractivity contribution in [3.8, 4) is 11.5 Å². The molecule has 4 N–H and O–H groups in total. The van der Waals surface area contributed by atoms with Crippen molar-refractivity contribution in [3.63, 3.8) is 0 Å². The van der Waals surface area contributed by atoms with Crippen molar-refractivity contribution in [1.82, 2.24) is 0 Å². The maximum atomic E-state index is 10.0.